The number of benzene rings is 1. The van der Waals surface area contributed by atoms with Crippen molar-refractivity contribution < 1.29 is 17.9 Å². The monoisotopic (exact) mass is 377 g/mol. The predicted molar refractivity (Wildman–Crippen MR) is 86.2 cm³/mol. The van der Waals surface area contributed by atoms with Crippen LogP contribution in [0.3, 0.4) is 0 Å². The van der Waals surface area contributed by atoms with E-state index in [2.05, 4.69) is 15.9 Å². The normalized spacial score (nSPS) is 12.8. The van der Waals surface area contributed by atoms with Gasteiger partial charge in [0.1, 0.15) is 5.75 Å². The maximum absolute atomic E-state index is 12.0. The number of hydrogen-bond acceptors (Lipinski definition) is 4. The summed E-state index contributed by atoms with van der Waals surface area (Å²) in [5.74, 6) is 0.379. The highest BCUT2D eigenvalue weighted by Crippen LogP contribution is 2.16. The van der Waals surface area contributed by atoms with E-state index in [9.17, 15) is 13.2 Å². The predicted octanol–water partition coefficient (Wildman–Crippen LogP) is 2.11. The van der Waals surface area contributed by atoms with E-state index in [0.717, 1.165) is 4.47 Å². The van der Waals surface area contributed by atoms with Crippen molar-refractivity contribution in [3.63, 3.8) is 0 Å². The Labute approximate surface area is 134 Å². The minimum atomic E-state index is -3.11. The van der Waals surface area contributed by atoms with Gasteiger partial charge in [-0.2, -0.15) is 0 Å². The first kappa shape index (κ1) is 18.0. The lowest BCUT2D eigenvalue weighted by molar-refractivity contribution is -0.133. The quantitative estimate of drug-likeness (QED) is 0.729. The van der Waals surface area contributed by atoms with Crippen LogP contribution in [0, 0.1) is 0 Å². The molecule has 0 bridgehead atoms. The molecule has 0 aliphatic rings. The fourth-order valence-electron chi connectivity index (χ4n) is 1.62. The number of carbonyl (C=O) groups excluding carboxylic acids is 1. The van der Waals surface area contributed by atoms with Gasteiger partial charge in [0.25, 0.3) is 5.91 Å². The molecule has 0 N–H and O–H groups in total. The van der Waals surface area contributed by atoms with Crippen molar-refractivity contribution in [3.8, 4) is 5.75 Å². The Bertz CT molecular complexity index is 571. The number of rotatable bonds is 7. The molecule has 0 saturated carbocycles. The summed E-state index contributed by atoms with van der Waals surface area (Å²) in [4.78, 5) is 13.4. The highest BCUT2D eigenvalue weighted by molar-refractivity contribution is 9.10. The zero-order chi connectivity index (χ0) is 16.0. The lowest BCUT2D eigenvalue weighted by Gasteiger charge is -2.24. The molecule has 118 valence electrons. The highest BCUT2D eigenvalue weighted by Gasteiger charge is 2.21. The van der Waals surface area contributed by atoms with Gasteiger partial charge in [-0.3, -0.25) is 4.79 Å². The molecule has 1 rings (SSSR count). The van der Waals surface area contributed by atoms with Crippen LogP contribution in [0.1, 0.15) is 13.8 Å². The first-order chi connectivity index (χ1) is 9.75. The van der Waals surface area contributed by atoms with Crippen molar-refractivity contribution in [3.05, 3.63) is 28.7 Å². The van der Waals surface area contributed by atoms with Gasteiger partial charge >= 0.3 is 0 Å². The van der Waals surface area contributed by atoms with Gasteiger partial charge in [0.15, 0.2) is 16.4 Å². The molecule has 0 spiro atoms. The molecule has 0 heterocycles. The van der Waals surface area contributed by atoms with Crippen LogP contribution in [0.2, 0.25) is 0 Å². The average Bonchev–Trinajstić information content (AvgIpc) is 2.45. The highest BCUT2D eigenvalue weighted by atomic mass is 79.9. The number of halogens is 1. The van der Waals surface area contributed by atoms with Crippen LogP contribution in [0.15, 0.2) is 28.7 Å². The second-order valence-corrected chi connectivity index (χ2v) is 8.11. The molecule has 21 heavy (non-hydrogen) atoms. The van der Waals surface area contributed by atoms with E-state index in [1.165, 1.54) is 4.90 Å². The SMILES string of the molecule is CCS(=O)(=O)CC(C)N(C)C(=O)COc1ccc(Br)cc1. The van der Waals surface area contributed by atoms with Crippen molar-refractivity contribution >= 4 is 31.7 Å². The van der Waals surface area contributed by atoms with Crippen molar-refractivity contribution in [2.24, 2.45) is 0 Å². The van der Waals surface area contributed by atoms with Crippen LogP contribution < -0.4 is 4.74 Å². The molecule has 1 amide bonds. The van der Waals surface area contributed by atoms with E-state index in [-0.39, 0.29) is 30.1 Å². The number of carbonyl (C=O) groups is 1. The molecule has 1 atom stereocenters. The van der Waals surface area contributed by atoms with Gasteiger partial charge in [0.05, 0.1) is 5.75 Å². The van der Waals surface area contributed by atoms with Gasteiger partial charge in [-0.1, -0.05) is 22.9 Å². The van der Waals surface area contributed by atoms with Crippen molar-refractivity contribution in [2.75, 3.05) is 25.2 Å². The van der Waals surface area contributed by atoms with E-state index >= 15 is 0 Å². The van der Waals surface area contributed by atoms with Gasteiger partial charge < -0.3 is 9.64 Å². The second kappa shape index (κ2) is 7.79. The summed E-state index contributed by atoms with van der Waals surface area (Å²) in [5.41, 5.74) is 0. The summed E-state index contributed by atoms with van der Waals surface area (Å²) in [6.45, 7) is 3.19. The summed E-state index contributed by atoms with van der Waals surface area (Å²) in [6, 6.07) is 6.76. The third-order valence-corrected chi connectivity index (χ3v) is 5.56. The van der Waals surface area contributed by atoms with Crippen LogP contribution in [-0.4, -0.2) is 50.4 Å². The first-order valence-electron chi connectivity index (χ1n) is 6.59. The molecule has 0 aromatic heterocycles. The molecule has 7 heteroatoms. The number of nitrogens with zero attached hydrogens (tertiary/aromatic N) is 1. The van der Waals surface area contributed by atoms with E-state index in [4.69, 9.17) is 4.74 Å². The first-order valence-corrected chi connectivity index (χ1v) is 9.21. The molecule has 0 aliphatic heterocycles. The lowest BCUT2D eigenvalue weighted by atomic mass is 10.3. The van der Waals surface area contributed by atoms with E-state index in [1.807, 2.05) is 12.1 Å². The summed E-state index contributed by atoms with van der Waals surface area (Å²) in [7, 11) is -1.52. The molecule has 0 aliphatic carbocycles. The third kappa shape index (κ3) is 6.05. The van der Waals surface area contributed by atoms with Crippen LogP contribution in [0.5, 0.6) is 5.75 Å². The van der Waals surface area contributed by atoms with Crippen molar-refractivity contribution in [2.45, 2.75) is 19.9 Å². The number of likely N-dealkylation sites (N-methyl/N-ethyl adjacent to an activating group) is 1. The third-order valence-electron chi connectivity index (χ3n) is 3.17. The van der Waals surface area contributed by atoms with Crippen LogP contribution >= 0.6 is 15.9 Å². The molecular formula is C14H20BrNO4S. The molecule has 5 nitrogen and oxygen atoms in total. The van der Waals surface area contributed by atoms with E-state index in [0.29, 0.717) is 5.75 Å². The zero-order valence-electron chi connectivity index (χ0n) is 12.4. The number of sulfone groups is 1. The molecule has 0 radical (unpaired) electrons. The molecule has 1 aromatic rings. The fourth-order valence-corrected chi connectivity index (χ4v) is 3.08. The standard InChI is InChI=1S/C14H20BrNO4S/c1-4-21(18,19)10-11(2)16(3)14(17)9-20-13-7-5-12(15)6-8-13/h5-8,11H,4,9-10H2,1-3H3. The lowest BCUT2D eigenvalue weighted by Crippen LogP contribution is -2.42. The fraction of sp³-hybridized carbons (Fsp3) is 0.500. The summed E-state index contributed by atoms with van der Waals surface area (Å²) >= 11 is 3.31. The minimum absolute atomic E-state index is 0.0377. The number of ether oxygens (including phenoxy) is 1. The summed E-state index contributed by atoms with van der Waals surface area (Å²) in [6.07, 6.45) is 0. The maximum atomic E-state index is 12.0. The smallest absolute Gasteiger partial charge is 0.260 e. The minimum Gasteiger partial charge on any atom is -0.484 e. The van der Waals surface area contributed by atoms with Crippen LogP contribution in [-0.2, 0) is 14.6 Å². The number of amides is 1. The summed E-state index contributed by atoms with van der Waals surface area (Å²) in [5, 5.41) is 0. The Balaban J connectivity index is 2.52. The Morgan fingerprint density at radius 2 is 1.90 bits per heavy atom. The number of hydrogen-bond donors (Lipinski definition) is 0. The van der Waals surface area contributed by atoms with Crippen LogP contribution in [0.25, 0.3) is 0 Å². The van der Waals surface area contributed by atoms with Crippen molar-refractivity contribution in [1.29, 1.82) is 0 Å². The van der Waals surface area contributed by atoms with Gasteiger partial charge in [-0.15, -0.1) is 0 Å². The molecule has 0 fully saturated rings. The van der Waals surface area contributed by atoms with Gasteiger partial charge in [0, 0.05) is 23.3 Å². The maximum Gasteiger partial charge on any atom is 0.260 e. The van der Waals surface area contributed by atoms with Crippen LogP contribution in [0.4, 0.5) is 0 Å². The zero-order valence-corrected chi connectivity index (χ0v) is 14.8. The molecule has 0 saturated heterocycles. The Kier molecular flexibility index (Phi) is 6.67. The Morgan fingerprint density at radius 3 is 2.43 bits per heavy atom. The topological polar surface area (TPSA) is 63.7 Å². The van der Waals surface area contributed by atoms with Gasteiger partial charge in [0.2, 0.25) is 0 Å². The Morgan fingerprint density at radius 1 is 1.33 bits per heavy atom. The van der Waals surface area contributed by atoms with Gasteiger partial charge in [-0.05, 0) is 31.2 Å². The van der Waals surface area contributed by atoms with Crippen molar-refractivity contribution in [1.82, 2.24) is 4.90 Å². The largest absolute Gasteiger partial charge is 0.484 e. The van der Waals surface area contributed by atoms with E-state index in [1.54, 1.807) is 33.0 Å². The molecule has 1 aromatic carbocycles. The van der Waals surface area contributed by atoms with Gasteiger partial charge in [-0.25, -0.2) is 8.42 Å². The Hall–Kier alpha value is -1.08. The van der Waals surface area contributed by atoms with E-state index < -0.39 is 9.84 Å². The second-order valence-electron chi connectivity index (χ2n) is 4.80. The molecule has 1 unspecified atom stereocenters. The summed E-state index contributed by atoms with van der Waals surface area (Å²) < 4.78 is 29.5. The average molecular weight is 378 g/mol. The molecular weight excluding hydrogens is 358 g/mol.